The minimum Gasteiger partial charge on any atom is -0.496 e. The lowest BCUT2D eigenvalue weighted by molar-refractivity contribution is 0.0527. The fourth-order valence-corrected chi connectivity index (χ4v) is 2.05. The maximum atomic E-state index is 12.0. The molecule has 4 nitrogen and oxygen atoms in total. The van der Waals surface area contributed by atoms with E-state index >= 15 is 0 Å². The summed E-state index contributed by atoms with van der Waals surface area (Å²) < 4.78 is 10.4. The molecule has 0 bridgehead atoms. The van der Waals surface area contributed by atoms with Crippen LogP contribution in [0.1, 0.15) is 17.3 Å². The molecule has 0 fully saturated rings. The Morgan fingerprint density at radius 2 is 2.05 bits per heavy atom. The van der Waals surface area contributed by atoms with Crippen molar-refractivity contribution < 1.29 is 14.3 Å². The molecule has 0 amide bonds. The van der Waals surface area contributed by atoms with Gasteiger partial charge in [-0.15, -0.1) is 0 Å². The largest absolute Gasteiger partial charge is 0.496 e. The maximum absolute atomic E-state index is 12.0. The number of hydrogen-bond donors (Lipinski definition) is 0. The average Bonchev–Trinajstić information content (AvgIpc) is 2.47. The molecule has 104 valence electrons. The van der Waals surface area contributed by atoms with Crippen molar-refractivity contribution in [1.29, 1.82) is 0 Å². The zero-order valence-electron chi connectivity index (χ0n) is 11.2. The van der Waals surface area contributed by atoms with Crippen molar-refractivity contribution in [3.8, 4) is 16.9 Å². The smallest absolute Gasteiger partial charge is 0.340 e. The molecule has 1 aromatic heterocycles. The fourth-order valence-electron chi connectivity index (χ4n) is 1.89. The molecule has 0 aliphatic heterocycles. The third-order valence-corrected chi connectivity index (χ3v) is 2.97. The highest BCUT2D eigenvalue weighted by Crippen LogP contribution is 2.33. The van der Waals surface area contributed by atoms with Crippen molar-refractivity contribution in [2.45, 2.75) is 6.92 Å². The summed E-state index contributed by atoms with van der Waals surface area (Å²) >= 11 is 5.94. The van der Waals surface area contributed by atoms with Gasteiger partial charge in [0.15, 0.2) is 0 Å². The topological polar surface area (TPSA) is 48.4 Å². The molecule has 2 aromatic rings. The molecular formula is C15H14ClNO3. The van der Waals surface area contributed by atoms with Crippen LogP contribution in [-0.4, -0.2) is 24.7 Å². The van der Waals surface area contributed by atoms with Crippen LogP contribution in [-0.2, 0) is 4.74 Å². The summed E-state index contributed by atoms with van der Waals surface area (Å²) in [6.45, 7) is 2.05. The highest BCUT2D eigenvalue weighted by atomic mass is 35.5. The minimum atomic E-state index is -0.433. The van der Waals surface area contributed by atoms with E-state index in [1.807, 2.05) is 24.3 Å². The van der Waals surface area contributed by atoms with Gasteiger partial charge < -0.3 is 9.47 Å². The van der Waals surface area contributed by atoms with E-state index < -0.39 is 5.97 Å². The van der Waals surface area contributed by atoms with Crippen LogP contribution < -0.4 is 4.74 Å². The Morgan fingerprint density at radius 3 is 2.75 bits per heavy atom. The molecular weight excluding hydrogens is 278 g/mol. The summed E-state index contributed by atoms with van der Waals surface area (Å²) in [7, 11) is 1.58. The third kappa shape index (κ3) is 2.91. The van der Waals surface area contributed by atoms with Crippen molar-refractivity contribution in [2.75, 3.05) is 13.7 Å². The molecule has 0 aliphatic rings. The molecule has 20 heavy (non-hydrogen) atoms. The Kier molecular flexibility index (Phi) is 4.58. The lowest BCUT2D eigenvalue weighted by Gasteiger charge is -2.12. The molecule has 0 N–H and O–H groups in total. The first-order chi connectivity index (χ1) is 9.67. The first kappa shape index (κ1) is 14.3. The molecule has 0 atom stereocenters. The summed E-state index contributed by atoms with van der Waals surface area (Å²) in [5, 5.41) is 0.305. The van der Waals surface area contributed by atoms with Gasteiger partial charge in [-0.2, -0.15) is 0 Å². The van der Waals surface area contributed by atoms with Crippen LogP contribution in [0.15, 0.2) is 36.5 Å². The number of ether oxygens (including phenoxy) is 2. The predicted octanol–water partition coefficient (Wildman–Crippen LogP) is 3.59. The first-order valence-electron chi connectivity index (χ1n) is 6.13. The number of benzene rings is 1. The molecule has 0 unspecified atom stereocenters. The number of nitrogens with zero attached hydrogens (tertiary/aromatic N) is 1. The van der Waals surface area contributed by atoms with Crippen molar-refractivity contribution in [1.82, 2.24) is 4.98 Å². The Hall–Kier alpha value is -2.07. The highest BCUT2D eigenvalue weighted by Gasteiger charge is 2.17. The van der Waals surface area contributed by atoms with E-state index in [1.54, 1.807) is 20.1 Å². The van der Waals surface area contributed by atoms with E-state index in [-0.39, 0.29) is 0 Å². The summed E-state index contributed by atoms with van der Waals surface area (Å²) in [4.78, 5) is 16.0. The minimum absolute atomic E-state index is 0.298. The maximum Gasteiger partial charge on any atom is 0.340 e. The second-order valence-electron chi connectivity index (χ2n) is 3.97. The number of para-hydroxylation sites is 1. The van der Waals surface area contributed by atoms with Crippen molar-refractivity contribution in [3.05, 3.63) is 47.2 Å². The molecule has 1 aromatic carbocycles. The SMILES string of the molecule is CCOC(=O)c1cnc(Cl)cc1-c1ccccc1OC. The van der Waals surface area contributed by atoms with Crippen LogP contribution in [0.5, 0.6) is 5.75 Å². The number of carbonyl (C=O) groups is 1. The predicted molar refractivity (Wildman–Crippen MR) is 77.2 cm³/mol. The monoisotopic (exact) mass is 291 g/mol. The number of carbonyl (C=O) groups excluding carboxylic acids is 1. The van der Waals surface area contributed by atoms with E-state index in [0.29, 0.717) is 28.6 Å². The van der Waals surface area contributed by atoms with Gasteiger partial charge in [-0.1, -0.05) is 29.8 Å². The number of halogens is 1. The number of hydrogen-bond acceptors (Lipinski definition) is 4. The Morgan fingerprint density at radius 1 is 1.30 bits per heavy atom. The summed E-state index contributed by atoms with van der Waals surface area (Å²) in [5.74, 6) is 0.220. The zero-order chi connectivity index (χ0) is 14.5. The van der Waals surface area contributed by atoms with Crippen LogP contribution in [0.25, 0.3) is 11.1 Å². The second-order valence-corrected chi connectivity index (χ2v) is 4.36. The van der Waals surface area contributed by atoms with E-state index in [9.17, 15) is 4.79 Å². The van der Waals surface area contributed by atoms with Gasteiger partial charge in [0.2, 0.25) is 0 Å². The van der Waals surface area contributed by atoms with Gasteiger partial charge in [0.05, 0.1) is 19.3 Å². The lowest BCUT2D eigenvalue weighted by atomic mass is 10.0. The lowest BCUT2D eigenvalue weighted by Crippen LogP contribution is -2.07. The molecule has 0 spiro atoms. The van der Waals surface area contributed by atoms with Crippen LogP contribution in [0.2, 0.25) is 5.15 Å². The summed E-state index contributed by atoms with van der Waals surface area (Å²) in [6, 6.07) is 9.02. The highest BCUT2D eigenvalue weighted by molar-refractivity contribution is 6.29. The third-order valence-electron chi connectivity index (χ3n) is 2.76. The Bertz CT molecular complexity index is 628. The zero-order valence-corrected chi connectivity index (χ0v) is 12.0. The number of aromatic nitrogens is 1. The molecule has 1 heterocycles. The Balaban J connectivity index is 2.60. The van der Waals surface area contributed by atoms with Gasteiger partial charge in [0, 0.05) is 17.3 Å². The van der Waals surface area contributed by atoms with Crippen LogP contribution in [0.4, 0.5) is 0 Å². The van der Waals surface area contributed by atoms with Gasteiger partial charge >= 0.3 is 5.97 Å². The molecule has 0 saturated heterocycles. The van der Waals surface area contributed by atoms with Gasteiger partial charge in [-0.05, 0) is 19.1 Å². The number of rotatable bonds is 4. The van der Waals surface area contributed by atoms with E-state index in [0.717, 1.165) is 5.56 Å². The van der Waals surface area contributed by atoms with E-state index in [2.05, 4.69) is 4.98 Å². The summed E-state index contributed by atoms with van der Waals surface area (Å²) in [6.07, 6.45) is 1.42. The van der Waals surface area contributed by atoms with E-state index in [4.69, 9.17) is 21.1 Å². The van der Waals surface area contributed by atoms with Crippen molar-refractivity contribution >= 4 is 17.6 Å². The second kappa shape index (κ2) is 6.39. The fraction of sp³-hybridized carbons (Fsp3) is 0.200. The summed E-state index contributed by atoms with van der Waals surface area (Å²) in [5.41, 5.74) is 1.77. The average molecular weight is 292 g/mol. The van der Waals surface area contributed by atoms with Crippen molar-refractivity contribution in [3.63, 3.8) is 0 Å². The molecule has 0 radical (unpaired) electrons. The van der Waals surface area contributed by atoms with Crippen LogP contribution in [0.3, 0.4) is 0 Å². The van der Waals surface area contributed by atoms with Crippen molar-refractivity contribution in [2.24, 2.45) is 0 Å². The van der Waals surface area contributed by atoms with Gasteiger partial charge in [-0.25, -0.2) is 9.78 Å². The van der Waals surface area contributed by atoms with Crippen LogP contribution >= 0.6 is 11.6 Å². The van der Waals surface area contributed by atoms with Gasteiger partial charge in [-0.3, -0.25) is 0 Å². The molecule has 5 heteroatoms. The standard InChI is InChI=1S/C15H14ClNO3/c1-3-20-15(18)12-9-17-14(16)8-11(12)10-6-4-5-7-13(10)19-2/h4-9H,3H2,1-2H3. The first-order valence-corrected chi connectivity index (χ1v) is 6.51. The molecule has 2 rings (SSSR count). The molecule has 0 saturated carbocycles. The van der Waals surface area contributed by atoms with Gasteiger partial charge in [0.1, 0.15) is 10.9 Å². The Labute approximate surface area is 122 Å². The number of esters is 1. The normalized spacial score (nSPS) is 10.2. The number of pyridine rings is 1. The molecule has 0 aliphatic carbocycles. The van der Waals surface area contributed by atoms with E-state index in [1.165, 1.54) is 6.20 Å². The van der Waals surface area contributed by atoms with Crippen LogP contribution in [0, 0.1) is 0 Å². The number of methoxy groups -OCH3 is 1. The van der Waals surface area contributed by atoms with Gasteiger partial charge in [0.25, 0.3) is 0 Å². The quantitative estimate of drug-likeness (QED) is 0.638.